The lowest BCUT2D eigenvalue weighted by molar-refractivity contribution is 0.0198. The fourth-order valence-electron chi connectivity index (χ4n) is 6.02. The van der Waals surface area contributed by atoms with Gasteiger partial charge in [-0.2, -0.15) is 5.10 Å². The van der Waals surface area contributed by atoms with Crippen molar-refractivity contribution in [2.24, 2.45) is 0 Å². The van der Waals surface area contributed by atoms with E-state index in [0.29, 0.717) is 55.0 Å². The molecule has 0 aliphatic carbocycles. The minimum atomic E-state index is -0.631. The van der Waals surface area contributed by atoms with Crippen molar-refractivity contribution in [2.75, 3.05) is 41.0 Å². The third kappa shape index (κ3) is 7.85. The second kappa shape index (κ2) is 14.4. The zero-order chi connectivity index (χ0) is 33.7. The number of hydrogen-bond acceptors (Lipinski definition) is 8. The molecule has 47 heavy (non-hydrogen) atoms. The van der Waals surface area contributed by atoms with Crippen LogP contribution in [0.5, 0.6) is 11.5 Å². The molecule has 1 fully saturated rings. The number of benzene rings is 3. The maximum Gasteiger partial charge on any atom is 0.410 e. The largest absolute Gasteiger partial charge is 0.497 e. The molecule has 250 valence electrons. The molecule has 0 saturated carbocycles. The molecule has 1 atom stereocenters. The number of rotatable bonds is 10. The van der Waals surface area contributed by atoms with Gasteiger partial charge in [-0.25, -0.2) is 18.7 Å². The Labute approximate surface area is 274 Å². The summed E-state index contributed by atoms with van der Waals surface area (Å²) in [5, 5.41) is 8.76. The summed E-state index contributed by atoms with van der Waals surface area (Å²) in [7, 11) is 4.51. The average molecular weight is 647 g/mol. The van der Waals surface area contributed by atoms with Crippen LogP contribution in [-0.4, -0.2) is 73.3 Å². The van der Waals surface area contributed by atoms with Crippen LogP contribution in [0.25, 0.3) is 16.6 Å². The van der Waals surface area contributed by atoms with E-state index in [1.165, 1.54) is 19.2 Å². The van der Waals surface area contributed by atoms with Crippen molar-refractivity contribution >= 4 is 23.0 Å². The number of carbonyl (C=O) groups is 2. The number of esters is 1. The van der Waals surface area contributed by atoms with E-state index in [1.54, 1.807) is 23.8 Å². The van der Waals surface area contributed by atoms with Crippen molar-refractivity contribution in [3.8, 4) is 17.2 Å². The highest BCUT2D eigenvalue weighted by Crippen LogP contribution is 2.31. The minimum absolute atomic E-state index is 0.127. The Morgan fingerprint density at radius 3 is 2.47 bits per heavy atom. The highest BCUT2D eigenvalue weighted by atomic mass is 19.1. The summed E-state index contributed by atoms with van der Waals surface area (Å²) in [6.07, 6.45) is 2.04. The quantitative estimate of drug-likeness (QED) is 0.156. The Morgan fingerprint density at radius 2 is 1.79 bits per heavy atom. The molecular formula is C36H43FN4O6. The number of aromatic nitrogens is 2. The van der Waals surface area contributed by atoms with Gasteiger partial charge in [0.15, 0.2) is 0 Å². The molecule has 10 nitrogen and oxygen atoms in total. The second-order valence-corrected chi connectivity index (χ2v) is 12.7. The van der Waals surface area contributed by atoms with E-state index in [4.69, 9.17) is 24.0 Å². The number of methoxy groups -OCH3 is 3. The lowest BCUT2D eigenvalue weighted by Crippen LogP contribution is -2.42. The maximum atomic E-state index is 14.7. The number of piperidine rings is 1. The van der Waals surface area contributed by atoms with Crippen LogP contribution < -0.4 is 14.8 Å². The van der Waals surface area contributed by atoms with E-state index >= 15 is 0 Å². The number of ether oxygens (including phenoxy) is 4. The summed E-state index contributed by atoms with van der Waals surface area (Å²) in [4.78, 5) is 27.3. The molecule has 1 unspecified atom stereocenters. The van der Waals surface area contributed by atoms with Gasteiger partial charge >= 0.3 is 12.1 Å². The van der Waals surface area contributed by atoms with Crippen LogP contribution in [-0.2, 0) is 22.4 Å². The molecule has 0 radical (unpaired) electrons. The summed E-state index contributed by atoms with van der Waals surface area (Å²) in [6.45, 7) is 7.93. The molecule has 11 heteroatoms. The number of halogens is 1. The lowest BCUT2D eigenvalue weighted by Gasteiger charge is -2.34. The number of nitrogens with one attached hydrogen (secondary N) is 1. The Morgan fingerprint density at radius 1 is 1.02 bits per heavy atom. The predicted molar refractivity (Wildman–Crippen MR) is 177 cm³/mol. The van der Waals surface area contributed by atoms with Gasteiger partial charge in [0.25, 0.3) is 0 Å². The first kappa shape index (κ1) is 33.7. The van der Waals surface area contributed by atoms with Crippen LogP contribution in [0.3, 0.4) is 0 Å². The van der Waals surface area contributed by atoms with Gasteiger partial charge in [0.2, 0.25) is 0 Å². The summed E-state index contributed by atoms with van der Waals surface area (Å²) in [5.74, 6) is 0.386. The topological polar surface area (TPSA) is 104 Å². The van der Waals surface area contributed by atoms with Crippen LogP contribution >= 0.6 is 0 Å². The molecule has 1 aromatic heterocycles. The molecule has 3 aromatic carbocycles. The van der Waals surface area contributed by atoms with Crippen LogP contribution in [0.2, 0.25) is 0 Å². The highest BCUT2D eigenvalue weighted by molar-refractivity contribution is 6.05. The second-order valence-electron chi connectivity index (χ2n) is 12.7. The minimum Gasteiger partial charge on any atom is -0.497 e. The van der Waals surface area contributed by atoms with Crippen molar-refractivity contribution in [2.45, 2.75) is 58.1 Å². The van der Waals surface area contributed by atoms with Crippen LogP contribution in [0.15, 0.2) is 54.6 Å². The number of nitrogens with zero attached hydrogens (tertiary/aromatic N) is 3. The molecule has 1 N–H and O–H groups in total. The van der Waals surface area contributed by atoms with Crippen molar-refractivity contribution in [3.63, 3.8) is 0 Å². The molecule has 1 aliphatic rings. The molecule has 5 rings (SSSR count). The van der Waals surface area contributed by atoms with Gasteiger partial charge in [0.05, 0.1) is 43.8 Å². The summed E-state index contributed by atoms with van der Waals surface area (Å²) in [5.41, 5.74) is 3.53. The van der Waals surface area contributed by atoms with Gasteiger partial charge in [-0.05, 0) is 63.4 Å². The first-order valence-corrected chi connectivity index (χ1v) is 15.8. The van der Waals surface area contributed by atoms with Gasteiger partial charge < -0.3 is 29.2 Å². The number of likely N-dealkylation sites (tertiary alicyclic amines) is 1. The van der Waals surface area contributed by atoms with Crippen molar-refractivity contribution < 1.29 is 32.9 Å². The Bertz CT molecular complexity index is 1730. The number of fused-ring (bicyclic) bond motifs is 1. The maximum absolute atomic E-state index is 14.7. The molecule has 0 spiro atoms. The van der Waals surface area contributed by atoms with E-state index < -0.39 is 17.4 Å². The number of hydrogen-bond donors (Lipinski definition) is 1. The van der Waals surface area contributed by atoms with E-state index in [0.717, 1.165) is 35.3 Å². The standard InChI is InChI=1S/C36H43FN4O6/c1-36(2,3)47-35(43)40-17-7-8-25(22-40)23-9-12-27(13-10-23)41-31(33-29(34(42)46-6)18-26(37)19-30(33)39-41)15-16-38-21-24-11-14-28(44-4)20-32(24)45-5/h9-14,18-20,25,38H,7-8,15-17,21-22H2,1-6H3. The number of amides is 1. The molecule has 2 heterocycles. The smallest absolute Gasteiger partial charge is 0.410 e. The van der Waals surface area contributed by atoms with E-state index in [-0.39, 0.29) is 17.6 Å². The van der Waals surface area contributed by atoms with E-state index in [1.807, 2.05) is 63.2 Å². The first-order chi connectivity index (χ1) is 22.5. The third-order valence-electron chi connectivity index (χ3n) is 8.27. The van der Waals surface area contributed by atoms with Gasteiger partial charge in [0, 0.05) is 61.6 Å². The number of carbonyl (C=O) groups excluding carboxylic acids is 2. The molecular weight excluding hydrogens is 603 g/mol. The molecule has 1 amide bonds. The van der Waals surface area contributed by atoms with Gasteiger partial charge in [-0.3, -0.25) is 0 Å². The van der Waals surface area contributed by atoms with Crippen LogP contribution in [0, 0.1) is 5.82 Å². The fraction of sp³-hybridized carbons (Fsp3) is 0.417. The van der Waals surface area contributed by atoms with Crippen LogP contribution in [0.4, 0.5) is 9.18 Å². The SMILES string of the molecule is COC(=O)c1cc(F)cc2nn(-c3ccc(C4CCCN(C(=O)OC(C)(C)C)C4)cc3)c(CCNCc3ccc(OC)cc3OC)c12. The predicted octanol–water partition coefficient (Wildman–Crippen LogP) is 6.42. The van der Waals surface area contributed by atoms with E-state index in [2.05, 4.69) is 5.32 Å². The summed E-state index contributed by atoms with van der Waals surface area (Å²) < 4.78 is 37.9. The summed E-state index contributed by atoms with van der Waals surface area (Å²) in [6, 6.07) is 16.2. The van der Waals surface area contributed by atoms with Crippen molar-refractivity contribution in [1.29, 1.82) is 0 Å². The molecule has 1 aliphatic heterocycles. The highest BCUT2D eigenvalue weighted by Gasteiger charge is 2.29. The average Bonchev–Trinajstić information content (AvgIpc) is 3.43. The first-order valence-electron chi connectivity index (χ1n) is 15.8. The Hall–Kier alpha value is -4.64. The lowest BCUT2D eigenvalue weighted by atomic mass is 9.90. The Kier molecular flexibility index (Phi) is 10.3. The third-order valence-corrected chi connectivity index (χ3v) is 8.27. The van der Waals surface area contributed by atoms with Crippen molar-refractivity contribution in [3.05, 3.63) is 82.8 Å². The van der Waals surface area contributed by atoms with Gasteiger partial charge in [-0.1, -0.05) is 18.2 Å². The summed E-state index contributed by atoms with van der Waals surface area (Å²) >= 11 is 0. The fourth-order valence-corrected chi connectivity index (χ4v) is 6.02. The van der Waals surface area contributed by atoms with Crippen molar-refractivity contribution in [1.82, 2.24) is 20.0 Å². The molecule has 4 aromatic rings. The molecule has 1 saturated heterocycles. The van der Waals surface area contributed by atoms with Gasteiger partial charge in [0.1, 0.15) is 22.9 Å². The zero-order valence-corrected chi connectivity index (χ0v) is 27.9. The van der Waals surface area contributed by atoms with E-state index in [9.17, 15) is 14.0 Å². The normalized spacial score (nSPS) is 15.0. The zero-order valence-electron chi connectivity index (χ0n) is 27.9. The monoisotopic (exact) mass is 646 g/mol. The van der Waals surface area contributed by atoms with Gasteiger partial charge in [-0.15, -0.1) is 0 Å². The molecule has 0 bridgehead atoms. The Balaban J connectivity index is 1.41. The van der Waals surface area contributed by atoms with Crippen LogP contribution in [0.1, 0.15) is 66.7 Å².